The minimum atomic E-state index is 0.0594. The Kier molecular flexibility index (Phi) is 4.54. The molecule has 1 saturated carbocycles. The molecule has 1 aliphatic heterocycles. The number of hydrogen-bond donors (Lipinski definition) is 1. The van der Waals surface area contributed by atoms with Gasteiger partial charge in [-0.1, -0.05) is 12.1 Å². The molecular formula is C19H22N2O2S. The second-order valence-corrected chi connectivity index (χ2v) is 7.34. The zero-order valence-electron chi connectivity index (χ0n) is 13.7. The number of rotatable bonds is 5. The average molecular weight is 342 g/mol. The van der Waals surface area contributed by atoms with Gasteiger partial charge in [0.25, 0.3) is 5.91 Å². The van der Waals surface area contributed by atoms with Gasteiger partial charge in [0.1, 0.15) is 0 Å². The van der Waals surface area contributed by atoms with Crippen molar-refractivity contribution in [3.63, 3.8) is 0 Å². The van der Waals surface area contributed by atoms with Gasteiger partial charge >= 0.3 is 0 Å². The summed E-state index contributed by atoms with van der Waals surface area (Å²) >= 11 is 1.55. The van der Waals surface area contributed by atoms with Gasteiger partial charge in [-0.2, -0.15) is 0 Å². The molecule has 2 fully saturated rings. The van der Waals surface area contributed by atoms with Gasteiger partial charge in [0.05, 0.1) is 18.1 Å². The second kappa shape index (κ2) is 6.95. The van der Waals surface area contributed by atoms with Crippen LogP contribution in [0, 0.1) is 0 Å². The third-order valence-electron chi connectivity index (χ3n) is 4.68. The van der Waals surface area contributed by atoms with E-state index in [1.54, 1.807) is 11.3 Å². The molecule has 1 aromatic heterocycles. The molecule has 0 unspecified atom stereocenters. The molecule has 4 rings (SSSR count). The molecule has 0 atom stereocenters. The highest BCUT2D eigenvalue weighted by atomic mass is 32.1. The molecule has 1 saturated heterocycles. The van der Waals surface area contributed by atoms with E-state index in [4.69, 9.17) is 4.74 Å². The Labute approximate surface area is 146 Å². The number of nitrogens with zero attached hydrogens (tertiary/aromatic N) is 1. The number of ether oxygens (including phenoxy) is 1. The smallest absolute Gasteiger partial charge is 0.261 e. The molecule has 24 heavy (non-hydrogen) atoms. The summed E-state index contributed by atoms with van der Waals surface area (Å²) in [5, 5.41) is 5.09. The monoisotopic (exact) mass is 342 g/mol. The van der Waals surface area contributed by atoms with Crippen LogP contribution in [0.5, 0.6) is 0 Å². The summed E-state index contributed by atoms with van der Waals surface area (Å²) in [4.78, 5) is 15.6. The summed E-state index contributed by atoms with van der Waals surface area (Å²) in [5.74, 6) is 0.675. The first kappa shape index (κ1) is 15.7. The highest BCUT2D eigenvalue weighted by Crippen LogP contribution is 2.43. The van der Waals surface area contributed by atoms with E-state index in [-0.39, 0.29) is 5.91 Å². The summed E-state index contributed by atoms with van der Waals surface area (Å²) in [7, 11) is 0. The zero-order valence-corrected chi connectivity index (χ0v) is 14.5. The lowest BCUT2D eigenvalue weighted by atomic mass is 10.1. The second-order valence-electron chi connectivity index (χ2n) is 6.43. The highest BCUT2D eigenvalue weighted by Gasteiger charge is 2.28. The molecule has 1 aliphatic carbocycles. The minimum absolute atomic E-state index is 0.0594. The number of amides is 1. The molecule has 1 aromatic carbocycles. The van der Waals surface area contributed by atoms with Gasteiger partial charge in [-0.05, 0) is 53.5 Å². The van der Waals surface area contributed by atoms with Crippen LogP contribution in [-0.2, 0) is 11.3 Å². The Morgan fingerprint density at radius 1 is 1.17 bits per heavy atom. The van der Waals surface area contributed by atoms with Crippen molar-refractivity contribution < 1.29 is 9.53 Å². The maximum Gasteiger partial charge on any atom is 0.261 e. The van der Waals surface area contributed by atoms with Crippen molar-refractivity contribution in [2.45, 2.75) is 25.3 Å². The third kappa shape index (κ3) is 3.47. The number of thiophene rings is 1. The summed E-state index contributed by atoms with van der Waals surface area (Å²) in [6.07, 6.45) is 2.44. The van der Waals surface area contributed by atoms with E-state index in [0.717, 1.165) is 36.7 Å². The van der Waals surface area contributed by atoms with Gasteiger partial charge in [-0.25, -0.2) is 0 Å². The number of carbonyl (C=O) groups excluding carboxylic acids is 1. The average Bonchev–Trinajstić information content (AvgIpc) is 3.37. The molecule has 0 radical (unpaired) electrons. The normalized spacial score (nSPS) is 17.8. The molecule has 4 nitrogen and oxygen atoms in total. The Balaban J connectivity index is 1.35. The lowest BCUT2D eigenvalue weighted by Gasteiger charge is -2.28. The van der Waals surface area contributed by atoms with Crippen LogP contribution >= 0.6 is 11.3 Å². The van der Waals surface area contributed by atoms with Gasteiger partial charge in [0.15, 0.2) is 0 Å². The molecule has 0 spiro atoms. The maximum absolute atomic E-state index is 12.4. The maximum atomic E-state index is 12.4. The Morgan fingerprint density at radius 3 is 2.62 bits per heavy atom. The zero-order chi connectivity index (χ0) is 16.4. The van der Waals surface area contributed by atoms with Gasteiger partial charge in [-0.3, -0.25) is 4.79 Å². The van der Waals surface area contributed by atoms with Crippen molar-refractivity contribution in [2.24, 2.45) is 0 Å². The van der Waals surface area contributed by atoms with Crippen LogP contribution in [0.25, 0.3) is 0 Å². The van der Waals surface area contributed by atoms with Gasteiger partial charge in [0, 0.05) is 25.3 Å². The van der Waals surface area contributed by atoms with Crippen molar-refractivity contribution in [1.29, 1.82) is 0 Å². The van der Waals surface area contributed by atoms with Crippen molar-refractivity contribution in [3.8, 4) is 0 Å². The molecule has 1 amide bonds. The van der Waals surface area contributed by atoms with Crippen LogP contribution in [0.1, 0.15) is 39.6 Å². The Bertz CT molecular complexity index is 700. The number of nitrogens with one attached hydrogen (secondary N) is 1. The Hall–Kier alpha value is -1.85. The molecular weight excluding hydrogens is 320 g/mol. The van der Waals surface area contributed by atoms with Crippen molar-refractivity contribution in [2.75, 3.05) is 31.2 Å². The van der Waals surface area contributed by atoms with Crippen LogP contribution < -0.4 is 10.2 Å². The minimum Gasteiger partial charge on any atom is -0.378 e. The molecule has 126 valence electrons. The summed E-state index contributed by atoms with van der Waals surface area (Å²) in [6.45, 7) is 4.05. The van der Waals surface area contributed by atoms with E-state index in [2.05, 4.69) is 40.5 Å². The SMILES string of the molecule is O=C(NCc1ccc(N2CCOCC2)cc1)c1sccc1C1CC1. The number of morpholine rings is 1. The van der Waals surface area contributed by atoms with Crippen LogP contribution in [0.4, 0.5) is 5.69 Å². The van der Waals surface area contributed by atoms with Gasteiger partial charge < -0.3 is 15.0 Å². The molecule has 2 heterocycles. The number of benzene rings is 1. The van der Waals surface area contributed by atoms with E-state index in [9.17, 15) is 4.79 Å². The lowest BCUT2D eigenvalue weighted by molar-refractivity contribution is 0.0954. The Morgan fingerprint density at radius 2 is 1.92 bits per heavy atom. The standard InChI is InChI=1S/C19H22N2O2S/c22-19(18-17(7-12-24-18)15-3-4-15)20-13-14-1-5-16(6-2-14)21-8-10-23-11-9-21/h1-2,5-7,12,15H,3-4,8-11,13H2,(H,20,22). The van der Waals surface area contributed by atoms with Crippen LogP contribution in [0.2, 0.25) is 0 Å². The number of hydrogen-bond acceptors (Lipinski definition) is 4. The molecule has 2 aliphatic rings. The summed E-state index contributed by atoms with van der Waals surface area (Å²) < 4.78 is 5.39. The predicted molar refractivity (Wildman–Crippen MR) is 96.9 cm³/mol. The molecule has 0 bridgehead atoms. The summed E-state index contributed by atoms with van der Waals surface area (Å²) in [5.41, 5.74) is 3.59. The van der Waals surface area contributed by atoms with Crippen LogP contribution in [0.3, 0.4) is 0 Å². The fraction of sp³-hybridized carbons (Fsp3) is 0.421. The van der Waals surface area contributed by atoms with Gasteiger partial charge in [-0.15, -0.1) is 11.3 Å². The molecule has 5 heteroatoms. The van der Waals surface area contributed by atoms with E-state index < -0.39 is 0 Å². The van der Waals surface area contributed by atoms with E-state index >= 15 is 0 Å². The fourth-order valence-electron chi connectivity index (χ4n) is 3.13. The number of carbonyl (C=O) groups is 1. The van der Waals surface area contributed by atoms with Crippen molar-refractivity contribution >= 4 is 22.9 Å². The highest BCUT2D eigenvalue weighted by molar-refractivity contribution is 7.12. The fourth-order valence-corrected chi connectivity index (χ4v) is 4.03. The summed E-state index contributed by atoms with van der Waals surface area (Å²) in [6, 6.07) is 10.6. The van der Waals surface area contributed by atoms with Gasteiger partial charge in [0.2, 0.25) is 0 Å². The van der Waals surface area contributed by atoms with Crippen LogP contribution in [0.15, 0.2) is 35.7 Å². The quantitative estimate of drug-likeness (QED) is 0.905. The van der Waals surface area contributed by atoms with Crippen molar-refractivity contribution in [3.05, 3.63) is 51.7 Å². The first-order chi connectivity index (χ1) is 11.8. The largest absolute Gasteiger partial charge is 0.378 e. The van der Waals surface area contributed by atoms with E-state index in [0.29, 0.717) is 12.5 Å². The topological polar surface area (TPSA) is 41.6 Å². The molecule has 1 N–H and O–H groups in total. The van der Waals surface area contributed by atoms with E-state index in [1.165, 1.54) is 24.1 Å². The van der Waals surface area contributed by atoms with Crippen molar-refractivity contribution in [1.82, 2.24) is 5.32 Å². The third-order valence-corrected chi connectivity index (χ3v) is 5.61. The number of anilines is 1. The van der Waals surface area contributed by atoms with Crippen LogP contribution in [-0.4, -0.2) is 32.2 Å². The first-order valence-corrected chi connectivity index (χ1v) is 9.46. The molecule has 2 aromatic rings. The predicted octanol–water partition coefficient (Wildman–Crippen LogP) is 3.39. The first-order valence-electron chi connectivity index (χ1n) is 8.58. The van der Waals surface area contributed by atoms with E-state index in [1.807, 2.05) is 5.38 Å². The lowest BCUT2D eigenvalue weighted by Crippen LogP contribution is -2.36.